The first-order valence-electron chi connectivity index (χ1n) is 4.05. The monoisotopic (exact) mass is 275 g/mol. The number of ketones is 1. The van der Waals surface area contributed by atoms with Crippen LogP contribution >= 0.6 is 15.9 Å². The Kier molecular flexibility index (Phi) is 3.52. The Hall–Kier alpha value is -1.30. The van der Waals surface area contributed by atoms with E-state index < -0.39 is 21.3 Å². The van der Waals surface area contributed by atoms with Gasteiger partial charge in [0, 0.05) is 11.6 Å². The molecule has 15 heavy (non-hydrogen) atoms. The SMILES string of the molecule is CC(Br)C(=O)c1ccc(F)c([N+](=O)[O-])c1. The molecule has 0 fully saturated rings. The summed E-state index contributed by atoms with van der Waals surface area (Å²) < 4.78 is 12.9. The molecule has 0 aliphatic heterocycles. The first-order valence-corrected chi connectivity index (χ1v) is 4.97. The highest BCUT2D eigenvalue weighted by molar-refractivity contribution is 9.10. The highest BCUT2D eigenvalue weighted by atomic mass is 79.9. The Bertz CT molecular complexity index is 420. The van der Waals surface area contributed by atoms with Crippen molar-refractivity contribution in [2.75, 3.05) is 0 Å². The zero-order valence-electron chi connectivity index (χ0n) is 7.74. The molecule has 1 aromatic carbocycles. The van der Waals surface area contributed by atoms with Gasteiger partial charge in [0.15, 0.2) is 5.78 Å². The molecule has 80 valence electrons. The topological polar surface area (TPSA) is 60.2 Å². The van der Waals surface area contributed by atoms with Crippen molar-refractivity contribution in [1.29, 1.82) is 0 Å². The van der Waals surface area contributed by atoms with Crippen molar-refractivity contribution in [2.45, 2.75) is 11.8 Å². The van der Waals surface area contributed by atoms with E-state index in [4.69, 9.17) is 0 Å². The number of rotatable bonds is 3. The molecule has 1 atom stereocenters. The van der Waals surface area contributed by atoms with Crippen LogP contribution in [-0.4, -0.2) is 15.5 Å². The van der Waals surface area contributed by atoms with E-state index in [0.717, 1.165) is 12.1 Å². The van der Waals surface area contributed by atoms with Crippen LogP contribution in [0.15, 0.2) is 18.2 Å². The normalized spacial score (nSPS) is 12.2. The molecule has 0 radical (unpaired) electrons. The summed E-state index contributed by atoms with van der Waals surface area (Å²) in [6.45, 7) is 1.59. The average molecular weight is 276 g/mol. The predicted molar refractivity (Wildman–Crippen MR) is 55.8 cm³/mol. The summed E-state index contributed by atoms with van der Waals surface area (Å²) >= 11 is 3.04. The smallest absolute Gasteiger partial charge is 0.293 e. The number of hydrogen-bond donors (Lipinski definition) is 0. The molecule has 0 aliphatic rings. The molecule has 0 saturated carbocycles. The van der Waals surface area contributed by atoms with E-state index in [2.05, 4.69) is 15.9 Å². The minimum Gasteiger partial charge on any atom is -0.293 e. The number of Topliss-reactive ketones (excluding diaryl/α,β-unsaturated/α-hetero) is 1. The van der Waals surface area contributed by atoms with Gasteiger partial charge in [0.2, 0.25) is 5.82 Å². The fraction of sp³-hybridized carbons (Fsp3) is 0.222. The van der Waals surface area contributed by atoms with Crippen LogP contribution in [0.25, 0.3) is 0 Å². The van der Waals surface area contributed by atoms with Crippen LogP contribution in [0.2, 0.25) is 0 Å². The molecule has 4 nitrogen and oxygen atoms in total. The van der Waals surface area contributed by atoms with E-state index in [1.165, 1.54) is 6.07 Å². The highest BCUT2D eigenvalue weighted by Crippen LogP contribution is 2.20. The van der Waals surface area contributed by atoms with Gasteiger partial charge in [-0.3, -0.25) is 14.9 Å². The lowest BCUT2D eigenvalue weighted by atomic mass is 10.1. The van der Waals surface area contributed by atoms with Gasteiger partial charge in [0.25, 0.3) is 0 Å². The van der Waals surface area contributed by atoms with E-state index in [9.17, 15) is 19.3 Å². The molecule has 0 saturated heterocycles. The molecule has 0 bridgehead atoms. The zero-order chi connectivity index (χ0) is 11.6. The standard InChI is InChI=1S/C9H7BrFNO3/c1-5(10)9(13)6-2-3-7(11)8(4-6)12(14)15/h2-5H,1H3. The molecule has 0 amide bonds. The van der Waals surface area contributed by atoms with Gasteiger partial charge in [-0.25, -0.2) is 0 Å². The zero-order valence-corrected chi connectivity index (χ0v) is 9.32. The van der Waals surface area contributed by atoms with Crippen LogP contribution in [0.5, 0.6) is 0 Å². The molecular formula is C9H7BrFNO3. The Morgan fingerprint density at radius 1 is 1.60 bits per heavy atom. The van der Waals surface area contributed by atoms with Crippen molar-refractivity contribution in [3.63, 3.8) is 0 Å². The third kappa shape index (κ3) is 2.59. The molecule has 0 N–H and O–H groups in total. The van der Waals surface area contributed by atoms with Crippen LogP contribution in [-0.2, 0) is 0 Å². The number of nitro groups is 1. The number of carbonyl (C=O) groups excluding carboxylic acids is 1. The molecule has 1 rings (SSSR count). The first-order chi connectivity index (χ1) is 6.93. The summed E-state index contributed by atoms with van der Waals surface area (Å²) in [6, 6.07) is 3.08. The summed E-state index contributed by atoms with van der Waals surface area (Å²) in [4.78, 5) is 20.5. The van der Waals surface area contributed by atoms with Crippen molar-refractivity contribution in [3.05, 3.63) is 39.7 Å². The van der Waals surface area contributed by atoms with Crippen molar-refractivity contribution in [3.8, 4) is 0 Å². The quantitative estimate of drug-likeness (QED) is 0.369. The molecule has 0 aliphatic carbocycles. The maximum atomic E-state index is 12.9. The molecule has 1 aromatic rings. The van der Waals surface area contributed by atoms with Crippen LogP contribution in [0.1, 0.15) is 17.3 Å². The minimum absolute atomic E-state index is 0.118. The lowest BCUT2D eigenvalue weighted by Gasteiger charge is -2.02. The van der Waals surface area contributed by atoms with Gasteiger partial charge in [0.1, 0.15) is 0 Å². The fourth-order valence-corrected chi connectivity index (χ4v) is 1.30. The highest BCUT2D eigenvalue weighted by Gasteiger charge is 2.19. The number of benzene rings is 1. The van der Waals surface area contributed by atoms with E-state index in [1.807, 2.05) is 0 Å². The molecule has 0 heterocycles. The van der Waals surface area contributed by atoms with E-state index in [1.54, 1.807) is 6.92 Å². The van der Waals surface area contributed by atoms with Gasteiger partial charge in [-0.15, -0.1) is 0 Å². The van der Waals surface area contributed by atoms with Crippen molar-refractivity contribution in [1.82, 2.24) is 0 Å². The number of hydrogen-bond acceptors (Lipinski definition) is 3. The van der Waals surface area contributed by atoms with E-state index in [-0.39, 0.29) is 11.3 Å². The average Bonchev–Trinajstić information content (AvgIpc) is 2.16. The Balaban J connectivity index is 3.19. The van der Waals surface area contributed by atoms with Gasteiger partial charge in [-0.05, 0) is 19.1 Å². The lowest BCUT2D eigenvalue weighted by molar-refractivity contribution is -0.387. The maximum Gasteiger partial charge on any atom is 0.305 e. The number of carbonyl (C=O) groups is 1. The molecule has 0 aromatic heterocycles. The van der Waals surface area contributed by atoms with Gasteiger partial charge < -0.3 is 0 Å². The van der Waals surface area contributed by atoms with Gasteiger partial charge in [-0.1, -0.05) is 15.9 Å². The van der Waals surface area contributed by atoms with Crippen molar-refractivity contribution >= 4 is 27.4 Å². The number of alkyl halides is 1. The maximum absolute atomic E-state index is 12.9. The number of nitrogens with zero attached hydrogens (tertiary/aromatic N) is 1. The van der Waals surface area contributed by atoms with Gasteiger partial charge in [0.05, 0.1) is 9.75 Å². The third-order valence-corrected chi connectivity index (χ3v) is 2.20. The molecule has 0 spiro atoms. The lowest BCUT2D eigenvalue weighted by Crippen LogP contribution is -2.10. The van der Waals surface area contributed by atoms with Gasteiger partial charge >= 0.3 is 5.69 Å². The van der Waals surface area contributed by atoms with Crippen LogP contribution < -0.4 is 0 Å². The number of nitro benzene ring substituents is 1. The summed E-state index contributed by atoms with van der Waals surface area (Å²) in [6.07, 6.45) is 0. The van der Waals surface area contributed by atoms with Crippen molar-refractivity contribution < 1.29 is 14.1 Å². The minimum atomic E-state index is -0.946. The molecule has 6 heteroatoms. The summed E-state index contributed by atoms with van der Waals surface area (Å²) in [7, 11) is 0. The van der Waals surface area contributed by atoms with E-state index in [0.29, 0.717) is 0 Å². The van der Waals surface area contributed by atoms with Crippen LogP contribution in [0.4, 0.5) is 10.1 Å². The van der Waals surface area contributed by atoms with E-state index >= 15 is 0 Å². The van der Waals surface area contributed by atoms with Gasteiger partial charge in [-0.2, -0.15) is 4.39 Å². The Morgan fingerprint density at radius 3 is 2.67 bits per heavy atom. The summed E-state index contributed by atoms with van der Waals surface area (Å²) in [5, 5.41) is 10.4. The largest absolute Gasteiger partial charge is 0.305 e. The second kappa shape index (κ2) is 4.48. The fourth-order valence-electron chi connectivity index (χ4n) is 1.04. The first kappa shape index (κ1) is 11.8. The summed E-state index contributed by atoms with van der Waals surface area (Å²) in [5.41, 5.74) is -0.568. The summed E-state index contributed by atoms with van der Waals surface area (Å²) in [5.74, 6) is -1.27. The van der Waals surface area contributed by atoms with Crippen LogP contribution in [0.3, 0.4) is 0 Å². The molecular weight excluding hydrogens is 269 g/mol. The number of halogens is 2. The Morgan fingerprint density at radius 2 is 2.20 bits per heavy atom. The second-order valence-electron chi connectivity index (χ2n) is 2.90. The predicted octanol–water partition coefficient (Wildman–Crippen LogP) is 2.70. The third-order valence-electron chi connectivity index (χ3n) is 1.79. The van der Waals surface area contributed by atoms with Crippen molar-refractivity contribution in [2.24, 2.45) is 0 Å². The molecule has 1 unspecified atom stereocenters. The Labute approximate surface area is 93.4 Å². The second-order valence-corrected chi connectivity index (χ2v) is 4.28. The van der Waals surface area contributed by atoms with Crippen LogP contribution in [0, 0.1) is 15.9 Å².